The van der Waals surface area contributed by atoms with E-state index in [-0.39, 0.29) is 10.8 Å². The molecule has 0 aromatic heterocycles. The van der Waals surface area contributed by atoms with Crippen LogP contribution in [0.25, 0.3) is 55.3 Å². The van der Waals surface area contributed by atoms with E-state index in [1.54, 1.807) is 0 Å². The largest absolute Gasteiger partial charge is 0.310 e. The van der Waals surface area contributed by atoms with E-state index in [0.717, 1.165) is 17.1 Å². The van der Waals surface area contributed by atoms with E-state index >= 15 is 0 Å². The monoisotopic (exact) mass is 843 g/mol. The van der Waals surface area contributed by atoms with E-state index in [1.807, 2.05) is 0 Å². The minimum Gasteiger partial charge on any atom is -0.310 e. The van der Waals surface area contributed by atoms with Gasteiger partial charge in [-0.1, -0.05) is 204 Å². The lowest BCUT2D eigenvalue weighted by atomic mass is 9.67. The first-order chi connectivity index (χ1) is 32.2. The van der Waals surface area contributed by atoms with Crippen molar-refractivity contribution in [3.63, 3.8) is 0 Å². The molecule has 0 saturated heterocycles. The van der Waals surface area contributed by atoms with Gasteiger partial charge in [0, 0.05) is 27.9 Å². The molecule has 10 aromatic rings. The van der Waals surface area contributed by atoms with Gasteiger partial charge in [-0.3, -0.25) is 0 Å². The Bertz CT molecular complexity index is 3550. The van der Waals surface area contributed by atoms with Gasteiger partial charge in [0.15, 0.2) is 0 Å². The van der Waals surface area contributed by atoms with Crippen LogP contribution in [-0.4, -0.2) is 0 Å². The van der Waals surface area contributed by atoms with Crippen LogP contribution in [0.5, 0.6) is 0 Å². The summed E-state index contributed by atoms with van der Waals surface area (Å²) in [5.41, 5.74) is 23.5. The van der Waals surface area contributed by atoms with Gasteiger partial charge >= 0.3 is 0 Å². The summed E-state index contributed by atoms with van der Waals surface area (Å²) in [5, 5.41) is 2.53. The van der Waals surface area contributed by atoms with Crippen molar-refractivity contribution >= 4 is 27.8 Å². The van der Waals surface area contributed by atoms with Gasteiger partial charge in [0.2, 0.25) is 0 Å². The van der Waals surface area contributed by atoms with Gasteiger partial charge in [0.1, 0.15) is 0 Å². The number of rotatable bonds is 6. The Morgan fingerprint density at radius 3 is 1.27 bits per heavy atom. The summed E-state index contributed by atoms with van der Waals surface area (Å²) >= 11 is 0. The van der Waals surface area contributed by atoms with Gasteiger partial charge < -0.3 is 4.90 Å². The van der Waals surface area contributed by atoms with Crippen molar-refractivity contribution < 1.29 is 0 Å². The third kappa shape index (κ3) is 5.41. The smallest absolute Gasteiger partial charge is 0.0714 e. The number of nitrogens with zero attached hydrogens (tertiary/aromatic N) is 1. The number of benzene rings is 10. The zero-order valence-corrected chi connectivity index (χ0v) is 37.8. The number of hydrogen-bond donors (Lipinski definition) is 0. The van der Waals surface area contributed by atoms with Gasteiger partial charge in [0.25, 0.3) is 0 Å². The van der Waals surface area contributed by atoms with E-state index in [4.69, 9.17) is 0 Å². The maximum absolute atomic E-state index is 2.53. The average Bonchev–Trinajstić information content (AvgIpc) is 3.88. The van der Waals surface area contributed by atoms with Gasteiger partial charge in [-0.2, -0.15) is 0 Å². The van der Waals surface area contributed by atoms with Crippen LogP contribution in [0.4, 0.5) is 17.1 Å². The second-order valence-corrected chi connectivity index (χ2v) is 19.7. The third-order valence-corrected chi connectivity index (χ3v) is 15.5. The molecule has 0 saturated carbocycles. The third-order valence-electron chi connectivity index (χ3n) is 15.5. The van der Waals surface area contributed by atoms with Gasteiger partial charge in [-0.25, -0.2) is 0 Å². The standard InChI is InChI=1S/C65H49N/c1-63(2)57-25-15-13-23-51(57)54-34-30-48(39-60(54)63)66(49-31-35-55-53-33-29-45(38-59(53)64(3,4)61(55)40-49)44-28-27-42-17-11-12-18-43(42)37-44)50-32-36-56-52-24-14-16-26-58(52)65(62(56)41-50,46-19-7-5-8-20-46)47-21-9-6-10-22-47/h5-41H,1-4H3. The summed E-state index contributed by atoms with van der Waals surface area (Å²) in [4.78, 5) is 2.53. The zero-order valence-electron chi connectivity index (χ0n) is 37.8. The Balaban J connectivity index is 1.01. The van der Waals surface area contributed by atoms with Crippen molar-refractivity contribution in [2.45, 2.75) is 43.9 Å². The Morgan fingerprint density at radius 1 is 0.273 bits per heavy atom. The molecule has 0 N–H and O–H groups in total. The molecule has 3 aliphatic rings. The van der Waals surface area contributed by atoms with Crippen molar-refractivity contribution in [3.05, 3.63) is 269 Å². The molecule has 10 aromatic carbocycles. The molecule has 0 fully saturated rings. The molecule has 0 unspecified atom stereocenters. The summed E-state index contributed by atoms with van der Waals surface area (Å²) in [6.45, 7) is 9.58. The summed E-state index contributed by atoms with van der Waals surface area (Å²) < 4.78 is 0. The molecule has 0 heterocycles. The van der Waals surface area contributed by atoms with Crippen LogP contribution in [-0.2, 0) is 16.2 Å². The van der Waals surface area contributed by atoms with Crippen LogP contribution >= 0.6 is 0 Å². The Labute approximate surface area is 388 Å². The average molecular weight is 844 g/mol. The van der Waals surface area contributed by atoms with E-state index < -0.39 is 5.41 Å². The summed E-state index contributed by atoms with van der Waals surface area (Å²) in [5.74, 6) is 0. The summed E-state index contributed by atoms with van der Waals surface area (Å²) in [6, 6.07) is 84.6. The minimum absolute atomic E-state index is 0.146. The first kappa shape index (κ1) is 38.7. The Hall–Kier alpha value is -7.74. The van der Waals surface area contributed by atoms with Crippen LogP contribution < -0.4 is 4.90 Å². The number of hydrogen-bond acceptors (Lipinski definition) is 1. The SMILES string of the molecule is CC1(C)c2ccccc2-c2ccc(N(c3ccc4c(c3)C(C)(C)c3cc(-c5ccc6ccccc6c5)ccc3-4)c3ccc4c(c3)C(c3ccccc3)(c3ccccc3)c3ccccc3-4)cc21. The van der Waals surface area contributed by atoms with Crippen molar-refractivity contribution in [2.75, 3.05) is 4.90 Å². The minimum atomic E-state index is -0.512. The molecular weight excluding hydrogens is 795 g/mol. The Kier molecular flexibility index (Phi) is 8.28. The van der Waals surface area contributed by atoms with Crippen LogP contribution in [0.1, 0.15) is 72.2 Å². The van der Waals surface area contributed by atoms with Crippen molar-refractivity contribution in [1.29, 1.82) is 0 Å². The first-order valence-electron chi connectivity index (χ1n) is 23.4. The van der Waals surface area contributed by atoms with Crippen LogP contribution in [0.3, 0.4) is 0 Å². The molecule has 13 rings (SSSR count). The number of anilines is 3. The molecule has 314 valence electrons. The second-order valence-electron chi connectivity index (χ2n) is 19.7. The lowest BCUT2D eigenvalue weighted by molar-refractivity contribution is 0.660. The summed E-state index contributed by atoms with van der Waals surface area (Å²) in [7, 11) is 0. The second kappa shape index (κ2) is 14.1. The predicted molar refractivity (Wildman–Crippen MR) is 276 cm³/mol. The van der Waals surface area contributed by atoms with Crippen molar-refractivity contribution in [1.82, 2.24) is 0 Å². The van der Waals surface area contributed by atoms with E-state index in [0.29, 0.717) is 0 Å². The van der Waals surface area contributed by atoms with Crippen LogP contribution in [0.2, 0.25) is 0 Å². The quantitative estimate of drug-likeness (QED) is 0.161. The molecule has 1 nitrogen and oxygen atoms in total. The highest BCUT2D eigenvalue weighted by atomic mass is 15.1. The fourth-order valence-electron chi connectivity index (χ4n) is 12.3. The fourth-order valence-corrected chi connectivity index (χ4v) is 12.3. The topological polar surface area (TPSA) is 3.24 Å². The lowest BCUT2D eigenvalue weighted by Gasteiger charge is -2.35. The molecule has 0 spiro atoms. The van der Waals surface area contributed by atoms with E-state index in [9.17, 15) is 0 Å². The maximum Gasteiger partial charge on any atom is 0.0714 e. The molecule has 1 heteroatoms. The highest BCUT2D eigenvalue weighted by Crippen LogP contribution is 2.58. The molecule has 0 atom stereocenters. The molecule has 0 amide bonds. The normalized spacial score (nSPS) is 15.0. The first-order valence-corrected chi connectivity index (χ1v) is 23.4. The highest BCUT2D eigenvalue weighted by molar-refractivity contribution is 5.93. The van der Waals surface area contributed by atoms with Gasteiger partial charge in [-0.15, -0.1) is 0 Å². The highest BCUT2D eigenvalue weighted by Gasteiger charge is 2.46. The maximum atomic E-state index is 2.53. The molecular formula is C65H49N. The zero-order chi connectivity index (χ0) is 44.4. The molecule has 3 aliphatic carbocycles. The van der Waals surface area contributed by atoms with Gasteiger partial charge in [-0.05, 0) is 148 Å². The molecule has 0 bridgehead atoms. The number of fused-ring (bicyclic) bond motifs is 10. The van der Waals surface area contributed by atoms with Crippen LogP contribution in [0.15, 0.2) is 224 Å². The summed E-state index contributed by atoms with van der Waals surface area (Å²) in [6.07, 6.45) is 0. The van der Waals surface area contributed by atoms with E-state index in [2.05, 4.69) is 257 Å². The van der Waals surface area contributed by atoms with Crippen molar-refractivity contribution in [2.24, 2.45) is 0 Å². The van der Waals surface area contributed by atoms with E-state index in [1.165, 1.54) is 99.8 Å². The Morgan fingerprint density at radius 2 is 0.667 bits per heavy atom. The van der Waals surface area contributed by atoms with Crippen LogP contribution in [0, 0.1) is 0 Å². The lowest BCUT2D eigenvalue weighted by Crippen LogP contribution is -2.28. The molecule has 0 aliphatic heterocycles. The van der Waals surface area contributed by atoms with Crippen molar-refractivity contribution in [3.8, 4) is 44.5 Å². The molecule has 0 radical (unpaired) electrons. The predicted octanol–water partition coefficient (Wildman–Crippen LogP) is 17.0. The van der Waals surface area contributed by atoms with Gasteiger partial charge in [0.05, 0.1) is 5.41 Å². The molecule has 66 heavy (non-hydrogen) atoms. The fraction of sp³-hybridized carbons (Fsp3) is 0.108.